The molecule has 0 aliphatic rings. The maximum atomic E-state index is 13.7. The van der Waals surface area contributed by atoms with Gasteiger partial charge in [-0.2, -0.15) is 0 Å². The van der Waals surface area contributed by atoms with Crippen molar-refractivity contribution in [2.45, 2.75) is 0 Å². The number of carbonyl (C=O) groups is 1. The molecule has 0 N–H and O–H groups in total. The van der Waals surface area contributed by atoms with Gasteiger partial charge in [-0.25, -0.2) is 0 Å². The molecule has 0 aliphatic carbocycles. The Hall–Kier alpha value is -3.95. The van der Waals surface area contributed by atoms with E-state index in [4.69, 9.17) is 11.6 Å². The second-order valence-electron chi connectivity index (χ2n) is 7.44. The van der Waals surface area contributed by atoms with Crippen molar-refractivity contribution in [3.63, 3.8) is 0 Å². The van der Waals surface area contributed by atoms with Crippen LogP contribution >= 0.6 is 11.6 Å². The summed E-state index contributed by atoms with van der Waals surface area (Å²) in [6.45, 7) is 0. The monoisotopic (exact) mass is 435 g/mol. The molecule has 1 heterocycles. The molecule has 3 nitrogen and oxygen atoms in total. The fourth-order valence-electron chi connectivity index (χ4n) is 4.01. The molecule has 0 amide bonds. The Labute approximate surface area is 190 Å². The van der Waals surface area contributed by atoms with Gasteiger partial charge in [0.15, 0.2) is 5.78 Å². The van der Waals surface area contributed by atoms with Crippen molar-refractivity contribution in [3.8, 4) is 16.9 Å². The van der Waals surface area contributed by atoms with Gasteiger partial charge in [-0.1, -0.05) is 84.4 Å². The summed E-state index contributed by atoms with van der Waals surface area (Å²) >= 11 is 6.15. The van der Waals surface area contributed by atoms with E-state index in [1.54, 1.807) is 42.5 Å². The van der Waals surface area contributed by atoms with Crippen molar-refractivity contribution >= 4 is 28.3 Å². The van der Waals surface area contributed by atoms with E-state index in [1.165, 1.54) is 0 Å². The number of ketones is 1. The Bertz CT molecular complexity index is 1490. The Morgan fingerprint density at radius 2 is 1.28 bits per heavy atom. The second kappa shape index (κ2) is 8.29. The molecule has 0 saturated heterocycles. The van der Waals surface area contributed by atoms with Crippen LogP contribution in [0.5, 0.6) is 0 Å². The summed E-state index contributed by atoms with van der Waals surface area (Å²) in [5.41, 5.74) is 3.22. The van der Waals surface area contributed by atoms with Gasteiger partial charge in [0, 0.05) is 21.7 Å². The standard InChI is InChI=1S/C28H18ClNO2/c29-21-15-17-22(18-16-21)30-24-14-8-7-13-23(24)28(32)25(26(30)19-9-3-1-4-10-19)27(31)20-11-5-2-6-12-20/h1-18H. The van der Waals surface area contributed by atoms with E-state index in [9.17, 15) is 9.59 Å². The minimum atomic E-state index is -0.303. The van der Waals surface area contributed by atoms with Gasteiger partial charge in [-0.05, 0) is 42.0 Å². The fraction of sp³-hybridized carbons (Fsp3) is 0. The van der Waals surface area contributed by atoms with Crippen LogP contribution < -0.4 is 5.43 Å². The number of aromatic nitrogens is 1. The van der Waals surface area contributed by atoms with E-state index in [2.05, 4.69) is 0 Å². The molecule has 4 aromatic carbocycles. The first-order valence-corrected chi connectivity index (χ1v) is 10.6. The summed E-state index contributed by atoms with van der Waals surface area (Å²) in [6, 6.07) is 33.2. The normalized spacial score (nSPS) is 10.9. The molecule has 1 aromatic heterocycles. The Balaban J connectivity index is 1.97. The number of rotatable bonds is 4. The van der Waals surface area contributed by atoms with Gasteiger partial charge in [0.25, 0.3) is 0 Å². The molecular weight excluding hydrogens is 418 g/mol. The van der Waals surface area contributed by atoms with Crippen molar-refractivity contribution in [3.05, 3.63) is 136 Å². The fourth-order valence-corrected chi connectivity index (χ4v) is 4.13. The summed E-state index contributed by atoms with van der Waals surface area (Å²) in [4.78, 5) is 27.4. The topological polar surface area (TPSA) is 39.1 Å². The van der Waals surface area contributed by atoms with Gasteiger partial charge in [0.1, 0.15) is 0 Å². The molecule has 0 atom stereocenters. The number of carbonyl (C=O) groups excluding carboxylic acids is 1. The smallest absolute Gasteiger partial charge is 0.201 e. The molecule has 0 spiro atoms. The van der Waals surface area contributed by atoms with Crippen molar-refractivity contribution in [1.29, 1.82) is 0 Å². The molecule has 32 heavy (non-hydrogen) atoms. The first-order valence-electron chi connectivity index (χ1n) is 10.2. The number of benzene rings is 4. The molecule has 0 aliphatic heterocycles. The van der Waals surface area contributed by atoms with Gasteiger partial charge in [-0.15, -0.1) is 0 Å². The second-order valence-corrected chi connectivity index (χ2v) is 7.88. The molecule has 4 heteroatoms. The highest BCUT2D eigenvalue weighted by Crippen LogP contribution is 2.31. The zero-order chi connectivity index (χ0) is 22.1. The Morgan fingerprint density at radius 3 is 1.97 bits per heavy atom. The minimum absolute atomic E-state index is 0.149. The SMILES string of the molecule is O=C(c1ccccc1)c1c(-c2ccccc2)n(-c2ccc(Cl)cc2)c2ccccc2c1=O. The molecule has 5 aromatic rings. The maximum Gasteiger partial charge on any atom is 0.201 e. The Kier molecular flexibility index (Phi) is 5.18. The van der Waals surface area contributed by atoms with E-state index >= 15 is 0 Å². The average molecular weight is 436 g/mol. The molecule has 0 unspecified atom stereocenters. The molecule has 0 radical (unpaired) electrons. The zero-order valence-corrected chi connectivity index (χ0v) is 17.8. The molecular formula is C28H18ClNO2. The molecule has 154 valence electrons. The van der Waals surface area contributed by atoms with E-state index in [0.717, 1.165) is 16.8 Å². The number of halogens is 1. The van der Waals surface area contributed by atoms with Crippen LogP contribution in [0.2, 0.25) is 5.02 Å². The van der Waals surface area contributed by atoms with Crippen molar-refractivity contribution in [1.82, 2.24) is 4.57 Å². The summed E-state index contributed by atoms with van der Waals surface area (Å²) in [5.74, 6) is -0.303. The number of nitrogens with zero attached hydrogens (tertiary/aromatic N) is 1. The van der Waals surface area contributed by atoms with Gasteiger partial charge in [0.05, 0.1) is 16.8 Å². The highest BCUT2D eigenvalue weighted by molar-refractivity contribution is 6.30. The predicted octanol–water partition coefficient (Wildman–Crippen LogP) is 6.54. The lowest BCUT2D eigenvalue weighted by Crippen LogP contribution is -2.22. The van der Waals surface area contributed by atoms with Gasteiger partial charge in [-0.3, -0.25) is 9.59 Å². The average Bonchev–Trinajstić information content (AvgIpc) is 2.85. The number of fused-ring (bicyclic) bond motifs is 1. The van der Waals surface area contributed by atoms with Crippen molar-refractivity contribution in [2.75, 3.05) is 0 Å². The van der Waals surface area contributed by atoms with E-state index in [1.807, 2.05) is 71.3 Å². The lowest BCUT2D eigenvalue weighted by molar-refractivity contribution is 0.103. The summed E-state index contributed by atoms with van der Waals surface area (Å²) in [7, 11) is 0. The van der Waals surface area contributed by atoms with Gasteiger partial charge < -0.3 is 4.57 Å². The third kappa shape index (κ3) is 3.43. The number of pyridine rings is 1. The van der Waals surface area contributed by atoms with Crippen LogP contribution in [0.1, 0.15) is 15.9 Å². The lowest BCUT2D eigenvalue weighted by Gasteiger charge is -2.21. The van der Waals surface area contributed by atoms with Crippen molar-refractivity contribution < 1.29 is 4.79 Å². The quantitative estimate of drug-likeness (QED) is 0.300. The van der Waals surface area contributed by atoms with Crippen LogP contribution in [0.3, 0.4) is 0 Å². The third-order valence-corrected chi connectivity index (χ3v) is 5.72. The van der Waals surface area contributed by atoms with Crippen LogP contribution in [-0.2, 0) is 0 Å². The number of hydrogen-bond donors (Lipinski definition) is 0. The molecule has 0 saturated carbocycles. The summed E-state index contributed by atoms with van der Waals surface area (Å²) in [5, 5.41) is 1.10. The highest BCUT2D eigenvalue weighted by atomic mass is 35.5. The predicted molar refractivity (Wildman–Crippen MR) is 130 cm³/mol. The summed E-state index contributed by atoms with van der Waals surface area (Å²) < 4.78 is 1.97. The van der Waals surface area contributed by atoms with Gasteiger partial charge >= 0.3 is 0 Å². The third-order valence-electron chi connectivity index (χ3n) is 5.47. The van der Waals surface area contributed by atoms with Crippen molar-refractivity contribution in [2.24, 2.45) is 0 Å². The zero-order valence-electron chi connectivity index (χ0n) is 17.0. The lowest BCUT2D eigenvalue weighted by atomic mass is 9.95. The molecule has 0 fully saturated rings. The van der Waals surface area contributed by atoms with E-state index < -0.39 is 0 Å². The van der Waals surface area contributed by atoms with Crippen LogP contribution in [0.25, 0.3) is 27.8 Å². The maximum absolute atomic E-state index is 13.7. The highest BCUT2D eigenvalue weighted by Gasteiger charge is 2.25. The Morgan fingerprint density at radius 1 is 0.688 bits per heavy atom. The van der Waals surface area contributed by atoms with Crippen LogP contribution in [0.4, 0.5) is 0 Å². The van der Waals surface area contributed by atoms with E-state index in [-0.39, 0.29) is 16.8 Å². The van der Waals surface area contributed by atoms with Crippen LogP contribution in [0, 0.1) is 0 Å². The van der Waals surface area contributed by atoms with Gasteiger partial charge in [0.2, 0.25) is 5.43 Å². The van der Waals surface area contributed by atoms with E-state index in [0.29, 0.717) is 21.7 Å². The van der Waals surface area contributed by atoms with Crippen LogP contribution in [-0.4, -0.2) is 10.4 Å². The largest absolute Gasteiger partial charge is 0.308 e. The number of para-hydroxylation sites is 1. The van der Waals surface area contributed by atoms with Crippen LogP contribution in [0.15, 0.2) is 114 Å². The first-order chi connectivity index (χ1) is 15.6. The minimum Gasteiger partial charge on any atom is -0.308 e. The summed E-state index contributed by atoms with van der Waals surface area (Å²) in [6.07, 6.45) is 0. The first kappa shape index (κ1) is 20.0. The number of hydrogen-bond acceptors (Lipinski definition) is 2. The molecule has 5 rings (SSSR count). The molecule has 0 bridgehead atoms.